The molecule has 1 fully saturated rings. The van der Waals surface area contributed by atoms with Crippen LogP contribution in [0.2, 0.25) is 0 Å². The van der Waals surface area contributed by atoms with Crippen LogP contribution in [0.5, 0.6) is 0 Å². The second-order valence-corrected chi connectivity index (χ2v) is 4.60. The maximum atomic E-state index is 11.7. The molecule has 1 aliphatic carbocycles. The predicted molar refractivity (Wildman–Crippen MR) is 70.0 cm³/mol. The van der Waals surface area contributed by atoms with Crippen LogP contribution in [-0.4, -0.2) is 18.5 Å². The Hall–Kier alpha value is -1.86. The molecule has 94 valence electrons. The lowest BCUT2D eigenvalue weighted by Gasteiger charge is -2.11. The molecule has 0 aliphatic heterocycles. The van der Waals surface area contributed by atoms with Crippen molar-refractivity contribution >= 4 is 11.6 Å². The van der Waals surface area contributed by atoms with Gasteiger partial charge in [0.2, 0.25) is 5.91 Å². The number of nitrogens with zero attached hydrogens (tertiary/aromatic N) is 1. The van der Waals surface area contributed by atoms with Crippen LogP contribution < -0.4 is 10.6 Å². The lowest BCUT2D eigenvalue weighted by molar-refractivity contribution is -0.115. The van der Waals surface area contributed by atoms with Crippen molar-refractivity contribution < 1.29 is 4.79 Å². The summed E-state index contributed by atoms with van der Waals surface area (Å²) in [4.78, 5) is 11.7. The Balaban J connectivity index is 1.81. The van der Waals surface area contributed by atoms with Gasteiger partial charge in [-0.15, -0.1) is 0 Å². The van der Waals surface area contributed by atoms with Crippen LogP contribution in [0.1, 0.15) is 31.2 Å². The normalized spacial score (nSPS) is 15.3. The lowest BCUT2D eigenvalue weighted by atomic mass is 10.2. The minimum absolute atomic E-state index is 0.0583. The zero-order valence-corrected chi connectivity index (χ0v) is 10.3. The van der Waals surface area contributed by atoms with Gasteiger partial charge in [0, 0.05) is 11.7 Å². The highest BCUT2D eigenvalue weighted by molar-refractivity contribution is 5.92. The SMILES string of the molecule is N#Cc1cccc(NC(=O)CNC2CCCC2)c1. The molecule has 0 bridgehead atoms. The van der Waals surface area contributed by atoms with Gasteiger partial charge in [-0.3, -0.25) is 4.79 Å². The number of rotatable bonds is 4. The molecule has 4 nitrogen and oxygen atoms in total. The van der Waals surface area contributed by atoms with Gasteiger partial charge >= 0.3 is 0 Å². The topological polar surface area (TPSA) is 64.9 Å². The summed E-state index contributed by atoms with van der Waals surface area (Å²) in [5.74, 6) is -0.0583. The van der Waals surface area contributed by atoms with Crippen LogP contribution in [0, 0.1) is 11.3 Å². The Labute approximate surface area is 107 Å². The zero-order chi connectivity index (χ0) is 12.8. The number of anilines is 1. The highest BCUT2D eigenvalue weighted by atomic mass is 16.1. The van der Waals surface area contributed by atoms with Crippen molar-refractivity contribution in [2.45, 2.75) is 31.7 Å². The van der Waals surface area contributed by atoms with E-state index in [1.807, 2.05) is 0 Å². The molecule has 0 aromatic heterocycles. The third-order valence-electron chi connectivity index (χ3n) is 3.18. The first-order chi connectivity index (χ1) is 8.78. The van der Waals surface area contributed by atoms with E-state index in [4.69, 9.17) is 5.26 Å². The van der Waals surface area contributed by atoms with Gasteiger partial charge in [-0.1, -0.05) is 18.9 Å². The molecule has 1 saturated carbocycles. The van der Waals surface area contributed by atoms with Crippen molar-refractivity contribution in [3.05, 3.63) is 29.8 Å². The van der Waals surface area contributed by atoms with Crippen molar-refractivity contribution in [1.82, 2.24) is 5.32 Å². The molecule has 0 unspecified atom stereocenters. The van der Waals surface area contributed by atoms with Gasteiger partial charge in [0.1, 0.15) is 0 Å². The maximum Gasteiger partial charge on any atom is 0.238 e. The van der Waals surface area contributed by atoms with Crippen LogP contribution in [0.25, 0.3) is 0 Å². The molecule has 0 radical (unpaired) electrons. The van der Waals surface area contributed by atoms with Crippen LogP contribution in [0.3, 0.4) is 0 Å². The highest BCUT2D eigenvalue weighted by Gasteiger charge is 2.15. The van der Waals surface area contributed by atoms with E-state index in [-0.39, 0.29) is 5.91 Å². The number of carbonyl (C=O) groups excluding carboxylic acids is 1. The molecule has 1 aromatic rings. The first kappa shape index (κ1) is 12.6. The molecular formula is C14H17N3O. The first-order valence-electron chi connectivity index (χ1n) is 6.31. The van der Waals surface area contributed by atoms with E-state index in [1.165, 1.54) is 12.8 Å². The average molecular weight is 243 g/mol. The molecule has 1 aliphatic rings. The summed E-state index contributed by atoms with van der Waals surface area (Å²) in [5.41, 5.74) is 1.23. The molecule has 1 aromatic carbocycles. The third-order valence-corrected chi connectivity index (χ3v) is 3.18. The Bertz CT molecular complexity index is 458. The summed E-state index contributed by atoms with van der Waals surface area (Å²) in [6.07, 6.45) is 4.83. The van der Waals surface area contributed by atoms with Crippen LogP contribution >= 0.6 is 0 Å². The molecule has 2 N–H and O–H groups in total. The number of carbonyl (C=O) groups is 1. The number of hydrogen-bond acceptors (Lipinski definition) is 3. The number of benzene rings is 1. The van der Waals surface area contributed by atoms with Crippen molar-refractivity contribution in [2.75, 3.05) is 11.9 Å². The molecular weight excluding hydrogens is 226 g/mol. The molecule has 1 amide bonds. The summed E-state index contributed by atoms with van der Waals surface area (Å²) in [5, 5.41) is 14.8. The van der Waals surface area contributed by atoms with Crippen molar-refractivity contribution in [3.8, 4) is 6.07 Å². The number of nitrogens with one attached hydrogen (secondary N) is 2. The van der Waals surface area contributed by atoms with Crippen LogP contribution in [0.4, 0.5) is 5.69 Å². The summed E-state index contributed by atoms with van der Waals surface area (Å²) in [7, 11) is 0. The smallest absolute Gasteiger partial charge is 0.238 e. The summed E-state index contributed by atoms with van der Waals surface area (Å²) in [6, 6.07) is 9.47. The number of nitriles is 1. The Morgan fingerprint density at radius 3 is 2.89 bits per heavy atom. The van der Waals surface area contributed by atoms with Gasteiger partial charge in [-0.05, 0) is 31.0 Å². The summed E-state index contributed by atoms with van der Waals surface area (Å²) >= 11 is 0. The van der Waals surface area contributed by atoms with E-state index in [9.17, 15) is 4.79 Å². The van der Waals surface area contributed by atoms with E-state index in [2.05, 4.69) is 16.7 Å². The Morgan fingerprint density at radius 1 is 1.39 bits per heavy atom. The molecule has 0 spiro atoms. The van der Waals surface area contributed by atoms with E-state index < -0.39 is 0 Å². The minimum atomic E-state index is -0.0583. The van der Waals surface area contributed by atoms with E-state index in [0.717, 1.165) is 12.8 Å². The molecule has 2 rings (SSSR count). The van der Waals surface area contributed by atoms with E-state index in [0.29, 0.717) is 23.8 Å². The Kier molecular flexibility index (Phi) is 4.32. The fraction of sp³-hybridized carbons (Fsp3) is 0.429. The largest absolute Gasteiger partial charge is 0.325 e. The van der Waals surface area contributed by atoms with Gasteiger partial charge in [0.15, 0.2) is 0 Å². The summed E-state index contributed by atoms with van der Waals surface area (Å²) in [6.45, 7) is 0.335. The minimum Gasteiger partial charge on any atom is -0.325 e. The lowest BCUT2D eigenvalue weighted by Crippen LogP contribution is -2.34. The van der Waals surface area contributed by atoms with E-state index in [1.54, 1.807) is 24.3 Å². The van der Waals surface area contributed by atoms with Crippen molar-refractivity contribution in [1.29, 1.82) is 5.26 Å². The van der Waals surface area contributed by atoms with Crippen LogP contribution in [-0.2, 0) is 4.79 Å². The van der Waals surface area contributed by atoms with Gasteiger partial charge < -0.3 is 10.6 Å². The highest BCUT2D eigenvalue weighted by Crippen LogP contribution is 2.17. The van der Waals surface area contributed by atoms with Gasteiger partial charge in [0.05, 0.1) is 18.2 Å². The fourth-order valence-electron chi connectivity index (χ4n) is 2.24. The van der Waals surface area contributed by atoms with Gasteiger partial charge in [-0.2, -0.15) is 5.26 Å². The molecule has 0 saturated heterocycles. The number of hydrogen-bond donors (Lipinski definition) is 2. The van der Waals surface area contributed by atoms with Gasteiger partial charge in [-0.25, -0.2) is 0 Å². The third kappa shape index (κ3) is 3.57. The van der Waals surface area contributed by atoms with Crippen LogP contribution in [0.15, 0.2) is 24.3 Å². The van der Waals surface area contributed by atoms with E-state index >= 15 is 0 Å². The number of amides is 1. The monoisotopic (exact) mass is 243 g/mol. The predicted octanol–water partition coefficient (Wildman–Crippen LogP) is 2.03. The second kappa shape index (κ2) is 6.18. The van der Waals surface area contributed by atoms with Gasteiger partial charge in [0.25, 0.3) is 0 Å². The zero-order valence-electron chi connectivity index (χ0n) is 10.3. The Morgan fingerprint density at radius 2 is 2.17 bits per heavy atom. The molecule has 0 heterocycles. The van der Waals surface area contributed by atoms with Crippen molar-refractivity contribution in [2.24, 2.45) is 0 Å². The molecule has 0 atom stereocenters. The summed E-state index contributed by atoms with van der Waals surface area (Å²) < 4.78 is 0. The molecule has 4 heteroatoms. The second-order valence-electron chi connectivity index (χ2n) is 4.60. The average Bonchev–Trinajstić information content (AvgIpc) is 2.90. The molecule has 18 heavy (non-hydrogen) atoms. The van der Waals surface area contributed by atoms with Crippen molar-refractivity contribution in [3.63, 3.8) is 0 Å². The first-order valence-corrected chi connectivity index (χ1v) is 6.31. The maximum absolute atomic E-state index is 11.7. The fourth-order valence-corrected chi connectivity index (χ4v) is 2.24. The quantitative estimate of drug-likeness (QED) is 0.850. The standard InChI is InChI=1S/C14H17N3O/c15-9-11-4-3-7-13(8-11)17-14(18)10-16-12-5-1-2-6-12/h3-4,7-8,12,16H,1-2,5-6,10H2,(H,17,18).